The zero-order valence-corrected chi connectivity index (χ0v) is 14.3. The van der Waals surface area contributed by atoms with Crippen LogP contribution in [0, 0.1) is 5.82 Å². The number of carbonyl (C=O) groups excluding carboxylic acids is 1. The van der Waals surface area contributed by atoms with Crippen LogP contribution in [0.2, 0.25) is 0 Å². The monoisotopic (exact) mass is 343 g/mol. The zero-order valence-electron chi connectivity index (χ0n) is 14.3. The van der Waals surface area contributed by atoms with Crippen LogP contribution in [0.3, 0.4) is 0 Å². The van der Waals surface area contributed by atoms with E-state index in [1.54, 1.807) is 19.2 Å². The average Bonchev–Trinajstić information content (AvgIpc) is 2.63. The molecule has 1 fully saturated rings. The molecule has 2 aromatic carbocycles. The van der Waals surface area contributed by atoms with E-state index in [4.69, 9.17) is 9.47 Å². The van der Waals surface area contributed by atoms with Gasteiger partial charge in [0, 0.05) is 25.9 Å². The molecule has 1 amide bonds. The molecule has 0 aromatic heterocycles. The molecule has 2 aromatic rings. The molecular weight excluding hydrogens is 321 g/mol. The molecule has 4 nitrogen and oxygen atoms in total. The number of amides is 1. The molecule has 0 bridgehead atoms. The van der Waals surface area contributed by atoms with E-state index < -0.39 is 5.54 Å². The first-order valence-corrected chi connectivity index (χ1v) is 8.37. The zero-order chi connectivity index (χ0) is 17.7. The van der Waals surface area contributed by atoms with Gasteiger partial charge in [-0.1, -0.05) is 24.3 Å². The first-order valence-electron chi connectivity index (χ1n) is 8.37. The van der Waals surface area contributed by atoms with Gasteiger partial charge >= 0.3 is 0 Å². The van der Waals surface area contributed by atoms with Crippen LogP contribution in [0.5, 0.6) is 0 Å². The van der Waals surface area contributed by atoms with Crippen molar-refractivity contribution in [2.45, 2.75) is 25.0 Å². The lowest BCUT2D eigenvalue weighted by Crippen LogP contribution is -2.49. The predicted octanol–water partition coefficient (Wildman–Crippen LogP) is 3.41. The summed E-state index contributed by atoms with van der Waals surface area (Å²) in [5.74, 6) is -0.483. The van der Waals surface area contributed by atoms with Gasteiger partial charge in [-0.05, 0) is 48.2 Å². The highest BCUT2D eigenvalue weighted by Crippen LogP contribution is 2.33. The van der Waals surface area contributed by atoms with E-state index in [0.29, 0.717) is 38.2 Å². The second-order valence-corrected chi connectivity index (χ2v) is 6.29. The molecule has 3 rings (SSSR count). The van der Waals surface area contributed by atoms with Crippen molar-refractivity contribution in [1.29, 1.82) is 0 Å². The Labute approximate surface area is 147 Å². The first-order chi connectivity index (χ1) is 12.1. The number of nitrogens with one attached hydrogen (secondary N) is 1. The highest BCUT2D eigenvalue weighted by Gasteiger charge is 2.36. The number of hydrogen-bond acceptors (Lipinski definition) is 3. The Morgan fingerprint density at radius 3 is 2.68 bits per heavy atom. The van der Waals surface area contributed by atoms with Gasteiger partial charge in [0.25, 0.3) is 5.91 Å². The minimum Gasteiger partial charge on any atom is -0.381 e. The number of methoxy groups -OCH3 is 1. The van der Waals surface area contributed by atoms with Crippen LogP contribution in [-0.2, 0) is 21.6 Å². The van der Waals surface area contributed by atoms with E-state index >= 15 is 0 Å². The van der Waals surface area contributed by atoms with Crippen LogP contribution in [0.4, 0.5) is 4.39 Å². The van der Waals surface area contributed by atoms with Crippen molar-refractivity contribution < 1.29 is 18.7 Å². The maximum absolute atomic E-state index is 13.7. The molecule has 5 heteroatoms. The Balaban J connectivity index is 1.88. The summed E-state index contributed by atoms with van der Waals surface area (Å²) in [5, 5.41) is 3.14. The number of hydrogen-bond donors (Lipinski definition) is 1. The number of carbonyl (C=O) groups is 1. The minimum absolute atomic E-state index is 0.177. The van der Waals surface area contributed by atoms with Crippen LogP contribution < -0.4 is 5.32 Å². The molecule has 0 saturated carbocycles. The topological polar surface area (TPSA) is 47.6 Å². The van der Waals surface area contributed by atoms with Gasteiger partial charge in [-0.2, -0.15) is 0 Å². The van der Waals surface area contributed by atoms with Crippen LogP contribution in [0.25, 0.3) is 0 Å². The summed E-state index contributed by atoms with van der Waals surface area (Å²) < 4.78 is 24.3. The molecule has 1 heterocycles. The second-order valence-electron chi connectivity index (χ2n) is 6.29. The quantitative estimate of drug-likeness (QED) is 0.905. The first kappa shape index (κ1) is 17.6. The van der Waals surface area contributed by atoms with Crippen LogP contribution in [0.15, 0.2) is 48.5 Å². The SMILES string of the molecule is COCc1cccc(C(=O)NC2(c3cccc(F)c3)CCOCC2)c1. The molecule has 25 heavy (non-hydrogen) atoms. The fourth-order valence-corrected chi connectivity index (χ4v) is 3.25. The molecular formula is C20H22FNO3. The molecule has 0 aliphatic carbocycles. The van der Waals surface area contributed by atoms with E-state index in [9.17, 15) is 9.18 Å². The third-order valence-electron chi connectivity index (χ3n) is 4.58. The van der Waals surface area contributed by atoms with Crippen molar-refractivity contribution >= 4 is 5.91 Å². The minimum atomic E-state index is -0.616. The van der Waals surface area contributed by atoms with E-state index in [1.165, 1.54) is 12.1 Å². The summed E-state index contributed by atoms with van der Waals surface area (Å²) >= 11 is 0. The predicted molar refractivity (Wildman–Crippen MR) is 92.8 cm³/mol. The number of ether oxygens (including phenoxy) is 2. The Hall–Kier alpha value is -2.24. The van der Waals surface area contributed by atoms with Gasteiger partial charge in [-0.25, -0.2) is 4.39 Å². The van der Waals surface area contributed by atoms with Gasteiger partial charge in [-0.3, -0.25) is 4.79 Å². The van der Waals surface area contributed by atoms with Gasteiger partial charge in [0.1, 0.15) is 5.82 Å². The van der Waals surface area contributed by atoms with E-state index in [0.717, 1.165) is 11.1 Å². The third kappa shape index (κ3) is 4.06. The van der Waals surface area contributed by atoms with Crippen LogP contribution in [-0.4, -0.2) is 26.2 Å². The van der Waals surface area contributed by atoms with Crippen LogP contribution >= 0.6 is 0 Å². The van der Waals surface area contributed by atoms with E-state index in [-0.39, 0.29) is 11.7 Å². The molecule has 0 spiro atoms. The Morgan fingerprint density at radius 2 is 1.96 bits per heavy atom. The van der Waals surface area contributed by atoms with Gasteiger partial charge in [0.05, 0.1) is 12.1 Å². The number of rotatable bonds is 5. The largest absolute Gasteiger partial charge is 0.381 e. The van der Waals surface area contributed by atoms with Crippen molar-refractivity contribution in [3.8, 4) is 0 Å². The van der Waals surface area contributed by atoms with Crippen molar-refractivity contribution in [2.24, 2.45) is 0 Å². The molecule has 1 saturated heterocycles. The maximum atomic E-state index is 13.7. The standard InChI is InChI=1S/C20H22FNO3/c1-24-14-15-4-2-5-16(12-15)19(23)22-20(8-10-25-11-9-20)17-6-3-7-18(21)13-17/h2-7,12-13H,8-11,14H2,1H3,(H,22,23). The maximum Gasteiger partial charge on any atom is 0.251 e. The molecule has 1 aliphatic rings. The molecule has 0 unspecified atom stereocenters. The fourth-order valence-electron chi connectivity index (χ4n) is 3.25. The Kier molecular flexibility index (Phi) is 5.46. The molecule has 1 aliphatic heterocycles. The molecule has 0 atom stereocenters. The van der Waals surface area contributed by atoms with Crippen molar-refractivity contribution in [2.75, 3.05) is 20.3 Å². The van der Waals surface area contributed by atoms with Crippen molar-refractivity contribution in [3.63, 3.8) is 0 Å². The van der Waals surface area contributed by atoms with Gasteiger partial charge in [0.2, 0.25) is 0 Å². The van der Waals surface area contributed by atoms with Crippen molar-refractivity contribution in [3.05, 3.63) is 71.0 Å². The average molecular weight is 343 g/mol. The highest BCUT2D eigenvalue weighted by molar-refractivity contribution is 5.95. The van der Waals surface area contributed by atoms with Crippen LogP contribution in [0.1, 0.15) is 34.3 Å². The summed E-state index contributed by atoms with van der Waals surface area (Å²) in [6, 6.07) is 13.8. The lowest BCUT2D eigenvalue weighted by Gasteiger charge is -2.38. The van der Waals surface area contributed by atoms with Gasteiger partial charge < -0.3 is 14.8 Å². The second kappa shape index (κ2) is 7.76. The summed E-state index contributed by atoms with van der Waals surface area (Å²) in [7, 11) is 1.62. The smallest absolute Gasteiger partial charge is 0.251 e. The van der Waals surface area contributed by atoms with E-state index in [2.05, 4.69) is 5.32 Å². The number of halogens is 1. The molecule has 0 radical (unpaired) electrons. The lowest BCUT2D eigenvalue weighted by molar-refractivity contribution is 0.0344. The third-order valence-corrected chi connectivity index (χ3v) is 4.58. The summed E-state index contributed by atoms with van der Waals surface area (Å²) in [4.78, 5) is 12.8. The van der Waals surface area contributed by atoms with E-state index in [1.807, 2.05) is 24.3 Å². The Bertz CT molecular complexity index is 741. The number of benzene rings is 2. The normalized spacial score (nSPS) is 16.4. The van der Waals surface area contributed by atoms with Gasteiger partial charge in [-0.15, -0.1) is 0 Å². The summed E-state index contributed by atoms with van der Waals surface area (Å²) in [6.07, 6.45) is 1.22. The molecule has 132 valence electrons. The highest BCUT2D eigenvalue weighted by atomic mass is 19.1. The summed E-state index contributed by atoms with van der Waals surface area (Å²) in [6.45, 7) is 1.50. The van der Waals surface area contributed by atoms with Gasteiger partial charge in [0.15, 0.2) is 0 Å². The summed E-state index contributed by atoms with van der Waals surface area (Å²) in [5.41, 5.74) is 1.66. The Morgan fingerprint density at radius 1 is 1.20 bits per heavy atom. The van der Waals surface area contributed by atoms with Crippen molar-refractivity contribution in [1.82, 2.24) is 5.32 Å². The lowest BCUT2D eigenvalue weighted by atomic mass is 9.82. The fraction of sp³-hybridized carbons (Fsp3) is 0.350. The molecule has 1 N–H and O–H groups in total.